The fourth-order valence-corrected chi connectivity index (χ4v) is 3.42. The second-order valence-electron chi connectivity index (χ2n) is 7.12. The van der Waals surface area contributed by atoms with Gasteiger partial charge in [-0.15, -0.1) is 0 Å². The van der Waals surface area contributed by atoms with Crippen LogP contribution in [-0.2, 0) is 9.53 Å². The third-order valence-corrected chi connectivity index (χ3v) is 5.15. The summed E-state index contributed by atoms with van der Waals surface area (Å²) in [4.78, 5) is 26.6. The number of benzene rings is 1. The lowest BCUT2D eigenvalue weighted by molar-refractivity contribution is -0.115. The maximum atomic E-state index is 13.1. The van der Waals surface area contributed by atoms with Crippen LogP contribution in [0.5, 0.6) is 0 Å². The van der Waals surface area contributed by atoms with Crippen molar-refractivity contribution in [1.29, 1.82) is 0 Å². The van der Waals surface area contributed by atoms with Gasteiger partial charge in [0.15, 0.2) is 0 Å². The first-order valence-electron chi connectivity index (χ1n) is 9.46. The fraction of sp³-hybridized carbons (Fsp3) is 0.600. The Kier molecular flexibility index (Phi) is 6.08. The lowest BCUT2D eigenvalue weighted by atomic mass is 9.85. The molecule has 5 heteroatoms. The Morgan fingerprint density at radius 3 is 2.68 bits per heavy atom. The molecule has 1 aromatic carbocycles. The maximum absolute atomic E-state index is 13.1. The van der Waals surface area contributed by atoms with Gasteiger partial charge in [0, 0.05) is 37.4 Å². The predicted octanol–water partition coefficient (Wildman–Crippen LogP) is 3.46. The van der Waals surface area contributed by atoms with E-state index in [2.05, 4.69) is 5.32 Å². The Bertz CT molecular complexity index is 607. The van der Waals surface area contributed by atoms with Gasteiger partial charge >= 0.3 is 0 Å². The summed E-state index contributed by atoms with van der Waals surface area (Å²) < 4.78 is 5.74. The highest BCUT2D eigenvalue weighted by Gasteiger charge is 2.28. The first-order chi connectivity index (χ1) is 12.2. The number of amides is 2. The molecule has 25 heavy (non-hydrogen) atoms. The van der Waals surface area contributed by atoms with E-state index in [4.69, 9.17) is 4.74 Å². The molecule has 2 aliphatic rings. The number of anilines is 1. The number of rotatable bonds is 7. The fourth-order valence-electron chi connectivity index (χ4n) is 3.42. The lowest BCUT2D eigenvalue weighted by Gasteiger charge is -2.33. The number of carbonyl (C=O) groups excluding carboxylic acids is 2. The normalized spacial score (nSPS) is 20.1. The number of carbonyl (C=O) groups is 2. The molecule has 1 saturated carbocycles. The van der Waals surface area contributed by atoms with Gasteiger partial charge in [-0.3, -0.25) is 9.59 Å². The van der Waals surface area contributed by atoms with Crippen molar-refractivity contribution < 1.29 is 14.3 Å². The zero-order chi connectivity index (χ0) is 17.6. The molecule has 1 heterocycles. The number of nitrogens with one attached hydrogen (secondary N) is 1. The van der Waals surface area contributed by atoms with Crippen LogP contribution < -0.4 is 5.32 Å². The van der Waals surface area contributed by atoms with Crippen molar-refractivity contribution in [3.05, 3.63) is 29.8 Å². The third-order valence-electron chi connectivity index (χ3n) is 5.15. The van der Waals surface area contributed by atoms with E-state index >= 15 is 0 Å². The van der Waals surface area contributed by atoms with Crippen molar-refractivity contribution in [1.82, 2.24) is 4.90 Å². The highest BCUT2D eigenvalue weighted by molar-refractivity contribution is 5.97. The van der Waals surface area contributed by atoms with Crippen molar-refractivity contribution in [3.63, 3.8) is 0 Å². The van der Waals surface area contributed by atoms with Crippen LogP contribution in [0.1, 0.15) is 55.8 Å². The Morgan fingerprint density at radius 2 is 2.04 bits per heavy atom. The van der Waals surface area contributed by atoms with Gasteiger partial charge in [0.1, 0.15) is 0 Å². The highest BCUT2D eigenvalue weighted by Crippen LogP contribution is 2.28. The minimum Gasteiger partial charge on any atom is -0.376 e. The standard InChI is InChI=1S/C20H28N2O3/c1-2-19(23)21-17-9-4-8-16(12-17)20(24)22(13-15-6-3-7-15)14-18-10-5-11-25-18/h4,8-9,12,15,18H,2-3,5-7,10-11,13-14H2,1H3,(H,21,23)/t18-/m0/s1. The molecular weight excluding hydrogens is 316 g/mol. The van der Waals surface area contributed by atoms with E-state index < -0.39 is 0 Å². The minimum atomic E-state index is -0.0460. The second-order valence-corrected chi connectivity index (χ2v) is 7.12. The van der Waals surface area contributed by atoms with Crippen LogP contribution in [-0.4, -0.2) is 42.5 Å². The zero-order valence-electron chi connectivity index (χ0n) is 15.0. The molecule has 1 saturated heterocycles. The smallest absolute Gasteiger partial charge is 0.254 e. The van der Waals surface area contributed by atoms with Gasteiger partial charge in [-0.05, 0) is 49.8 Å². The molecule has 1 aromatic rings. The average Bonchev–Trinajstić information content (AvgIpc) is 3.09. The summed E-state index contributed by atoms with van der Waals surface area (Å²) in [7, 11) is 0. The lowest BCUT2D eigenvalue weighted by Crippen LogP contribution is -2.41. The summed E-state index contributed by atoms with van der Waals surface area (Å²) >= 11 is 0. The van der Waals surface area contributed by atoms with Crippen LogP contribution >= 0.6 is 0 Å². The molecule has 0 bridgehead atoms. The Labute approximate surface area is 149 Å². The molecule has 0 radical (unpaired) electrons. The molecule has 1 N–H and O–H groups in total. The molecule has 2 amide bonds. The molecule has 5 nitrogen and oxygen atoms in total. The van der Waals surface area contributed by atoms with Crippen LogP contribution in [0.2, 0.25) is 0 Å². The van der Waals surface area contributed by atoms with Gasteiger partial charge < -0.3 is 15.0 Å². The molecule has 0 spiro atoms. The average molecular weight is 344 g/mol. The van der Waals surface area contributed by atoms with Crippen molar-refractivity contribution in [2.45, 2.75) is 51.6 Å². The molecule has 0 aromatic heterocycles. The van der Waals surface area contributed by atoms with Gasteiger partial charge in [-0.25, -0.2) is 0 Å². The monoisotopic (exact) mass is 344 g/mol. The van der Waals surface area contributed by atoms with Crippen LogP contribution in [0.3, 0.4) is 0 Å². The molecule has 136 valence electrons. The summed E-state index contributed by atoms with van der Waals surface area (Å²) in [6, 6.07) is 7.25. The summed E-state index contributed by atoms with van der Waals surface area (Å²) in [6.45, 7) is 4.09. The minimum absolute atomic E-state index is 0.0370. The van der Waals surface area contributed by atoms with Crippen LogP contribution in [0.25, 0.3) is 0 Å². The predicted molar refractivity (Wildman–Crippen MR) is 97.6 cm³/mol. The Morgan fingerprint density at radius 1 is 1.20 bits per heavy atom. The third kappa shape index (κ3) is 4.82. The SMILES string of the molecule is CCC(=O)Nc1cccc(C(=O)N(CC2CCC2)C[C@@H]2CCCO2)c1. The van der Waals surface area contributed by atoms with Gasteiger partial charge in [0.05, 0.1) is 6.10 Å². The van der Waals surface area contributed by atoms with E-state index in [0.29, 0.717) is 30.1 Å². The highest BCUT2D eigenvalue weighted by atomic mass is 16.5. The topological polar surface area (TPSA) is 58.6 Å². The molecule has 1 aliphatic heterocycles. The summed E-state index contributed by atoms with van der Waals surface area (Å²) in [5, 5.41) is 2.83. The van der Waals surface area contributed by atoms with E-state index in [1.165, 1.54) is 19.3 Å². The number of hydrogen-bond acceptors (Lipinski definition) is 3. The largest absolute Gasteiger partial charge is 0.376 e. The summed E-state index contributed by atoms with van der Waals surface area (Å²) in [5.74, 6) is 0.610. The number of nitrogens with zero attached hydrogens (tertiary/aromatic N) is 1. The first-order valence-corrected chi connectivity index (χ1v) is 9.46. The second kappa shape index (κ2) is 8.48. The van der Waals surface area contributed by atoms with Crippen LogP contribution in [0.15, 0.2) is 24.3 Å². The van der Waals surface area contributed by atoms with E-state index in [1.54, 1.807) is 6.07 Å². The van der Waals surface area contributed by atoms with Crippen molar-refractivity contribution in [3.8, 4) is 0 Å². The zero-order valence-corrected chi connectivity index (χ0v) is 15.0. The number of ether oxygens (including phenoxy) is 1. The first kappa shape index (κ1) is 17.9. The maximum Gasteiger partial charge on any atom is 0.254 e. The Balaban J connectivity index is 1.71. The van der Waals surface area contributed by atoms with Crippen molar-refractivity contribution >= 4 is 17.5 Å². The molecule has 1 atom stereocenters. The van der Waals surface area contributed by atoms with Gasteiger partial charge in [-0.2, -0.15) is 0 Å². The van der Waals surface area contributed by atoms with Crippen molar-refractivity contribution in [2.75, 3.05) is 25.0 Å². The van der Waals surface area contributed by atoms with Crippen LogP contribution in [0, 0.1) is 5.92 Å². The van der Waals surface area contributed by atoms with E-state index in [-0.39, 0.29) is 17.9 Å². The number of hydrogen-bond donors (Lipinski definition) is 1. The van der Waals surface area contributed by atoms with Gasteiger partial charge in [0.2, 0.25) is 5.91 Å². The van der Waals surface area contributed by atoms with Gasteiger partial charge in [-0.1, -0.05) is 19.4 Å². The van der Waals surface area contributed by atoms with Crippen molar-refractivity contribution in [2.24, 2.45) is 5.92 Å². The summed E-state index contributed by atoms with van der Waals surface area (Å²) in [5.41, 5.74) is 1.31. The quantitative estimate of drug-likeness (QED) is 0.824. The van der Waals surface area contributed by atoms with E-state index in [1.807, 2.05) is 30.0 Å². The van der Waals surface area contributed by atoms with Crippen LogP contribution in [0.4, 0.5) is 5.69 Å². The van der Waals surface area contributed by atoms with E-state index in [9.17, 15) is 9.59 Å². The van der Waals surface area contributed by atoms with Gasteiger partial charge in [0.25, 0.3) is 5.91 Å². The molecule has 2 fully saturated rings. The van der Waals surface area contributed by atoms with E-state index in [0.717, 1.165) is 26.0 Å². The molecule has 3 rings (SSSR count). The summed E-state index contributed by atoms with van der Waals surface area (Å²) in [6.07, 6.45) is 6.38. The molecule has 0 unspecified atom stereocenters. The Hall–Kier alpha value is -1.88. The molecule has 1 aliphatic carbocycles. The molecular formula is C20H28N2O3.